The van der Waals surface area contributed by atoms with Crippen LogP contribution in [0.25, 0.3) is 0 Å². The average molecular weight is 339 g/mol. The summed E-state index contributed by atoms with van der Waals surface area (Å²) in [5.74, 6) is -0.275. The van der Waals surface area contributed by atoms with Gasteiger partial charge in [-0.05, 0) is 36.8 Å². The predicted octanol–water partition coefficient (Wildman–Crippen LogP) is 3.04. The zero-order chi connectivity index (χ0) is 17.8. The fraction of sp³-hybridized carbons (Fsp3) is 0.263. The van der Waals surface area contributed by atoms with E-state index in [1.165, 1.54) is 7.11 Å². The largest absolute Gasteiger partial charge is 0.469 e. The van der Waals surface area contributed by atoms with Crippen LogP contribution in [0.2, 0.25) is 0 Å². The smallest absolute Gasteiger partial charge is 0.329 e. The van der Waals surface area contributed by atoms with Crippen molar-refractivity contribution in [1.82, 2.24) is 0 Å². The number of benzene rings is 2. The van der Waals surface area contributed by atoms with Crippen molar-refractivity contribution in [3.8, 4) is 0 Å². The van der Waals surface area contributed by atoms with Crippen LogP contribution in [-0.2, 0) is 9.53 Å². The van der Waals surface area contributed by atoms with Crippen LogP contribution in [0.5, 0.6) is 0 Å². The SMILES string of the molecule is COC(=O)CCC1CN(c2cccc(N)c2)C(=O)N1c1ccccc1. The Morgan fingerprint density at radius 2 is 1.88 bits per heavy atom. The molecule has 0 bridgehead atoms. The number of nitrogen functional groups attached to an aromatic ring is 1. The van der Waals surface area contributed by atoms with E-state index in [2.05, 4.69) is 0 Å². The quantitative estimate of drug-likeness (QED) is 0.671. The molecule has 6 nitrogen and oxygen atoms in total. The van der Waals surface area contributed by atoms with Gasteiger partial charge in [0.1, 0.15) is 0 Å². The Kier molecular flexibility index (Phi) is 4.88. The van der Waals surface area contributed by atoms with Gasteiger partial charge in [-0.15, -0.1) is 0 Å². The lowest BCUT2D eigenvalue weighted by molar-refractivity contribution is -0.140. The number of hydrogen-bond acceptors (Lipinski definition) is 4. The number of anilines is 3. The number of nitrogens with zero attached hydrogens (tertiary/aromatic N) is 2. The Bertz CT molecular complexity index is 764. The van der Waals surface area contributed by atoms with Crippen molar-refractivity contribution in [1.29, 1.82) is 0 Å². The van der Waals surface area contributed by atoms with E-state index in [4.69, 9.17) is 10.5 Å². The first-order chi connectivity index (χ1) is 12.1. The Morgan fingerprint density at radius 1 is 1.16 bits per heavy atom. The van der Waals surface area contributed by atoms with Crippen molar-refractivity contribution in [3.05, 3.63) is 54.6 Å². The highest BCUT2D eigenvalue weighted by molar-refractivity contribution is 6.07. The number of hydrogen-bond donors (Lipinski definition) is 1. The molecule has 1 saturated heterocycles. The molecule has 0 aliphatic carbocycles. The molecule has 1 aliphatic heterocycles. The maximum Gasteiger partial charge on any atom is 0.329 e. The first kappa shape index (κ1) is 16.8. The monoisotopic (exact) mass is 339 g/mol. The lowest BCUT2D eigenvalue weighted by Crippen LogP contribution is -2.35. The van der Waals surface area contributed by atoms with Gasteiger partial charge in [-0.3, -0.25) is 14.6 Å². The molecule has 1 fully saturated rings. The molecule has 0 spiro atoms. The number of carbonyl (C=O) groups is 2. The van der Waals surface area contributed by atoms with Gasteiger partial charge in [0.25, 0.3) is 0 Å². The number of nitrogens with two attached hydrogens (primary N) is 1. The van der Waals surface area contributed by atoms with Crippen molar-refractivity contribution in [3.63, 3.8) is 0 Å². The van der Waals surface area contributed by atoms with Crippen LogP contribution in [0.1, 0.15) is 12.8 Å². The van der Waals surface area contributed by atoms with Crippen molar-refractivity contribution in [2.75, 3.05) is 29.2 Å². The van der Waals surface area contributed by atoms with E-state index in [9.17, 15) is 9.59 Å². The zero-order valence-corrected chi connectivity index (χ0v) is 14.1. The molecule has 2 N–H and O–H groups in total. The van der Waals surface area contributed by atoms with Crippen LogP contribution in [0.3, 0.4) is 0 Å². The summed E-state index contributed by atoms with van der Waals surface area (Å²) in [6.07, 6.45) is 0.800. The van der Waals surface area contributed by atoms with Crippen LogP contribution in [0.4, 0.5) is 21.9 Å². The first-order valence-electron chi connectivity index (χ1n) is 8.18. The molecule has 2 amide bonds. The highest BCUT2D eigenvalue weighted by Gasteiger charge is 2.39. The van der Waals surface area contributed by atoms with E-state index in [1.54, 1.807) is 21.9 Å². The number of ether oxygens (including phenoxy) is 1. The third-order valence-electron chi connectivity index (χ3n) is 4.32. The third-order valence-corrected chi connectivity index (χ3v) is 4.32. The normalized spacial score (nSPS) is 17.0. The van der Waals surface area contributed by atoms with Crippen LogP contribution in [0.15, 0.2) is 54.6 Å². The van der Waals surface area contributed by atoms with E-state index in [0.29, 0.717) is 18.7 Å². The third kappa shape index (κ3) is 3.57. The van der Waals surface area contributed by atoms with Gasteiger partial charge in [-0.25, -0.2) is 4.79 Å². The highest BCUT2D eigenvalue weighted by Crippen LogP contribution is 2.31. The van der Waals surface area contributed by atoms with E-state index < -0.39 is 0 Å². The van der Waals surface area contributed by atoms with Gasteiger partial charge in [0, 0.05) is 30.0 Å². The van der Waals surface area contributed by atoms with Gasteiger partial charge in [0.15, 0.2) is 0 Å². The molecular formula is C19H21N3O3. The summed E-state index contributed by atoms with van der Waals surface area (Å²) in [4.78, 5) is 28.0. The molecule has 0 saturated carbocycles. The number of carbonyl (C=O) groups excluding carboxylic acids is 2. The van der Waals surface area contributed by atoms with E-state index >= 15 is 0 Å². The Morgan fingerprint density at radius 3 is 2.56 bits per heavy atom. The van der Waals surface area contributed by atoms with Gasteiger partial charge in [0.2, 0.25) is 0 Å². The number of rotatable bonds is 5. The van der Waals surface area contributed by atoms with Crippen LogP contribution < -0.4 is 15.5 Å². The van der Waals surface area contributed by atoms with Crippen molar-refractivity contribution in [2.45, 2.75) is 18.9 Å². The summed E-state index contributed by atoms with van der Waals surface area (Å²) in [7, 11) is 1.37. The van der Waals surface area contributed by atoms with Gasteiger partial charge >= 0.3 is 12.0 Å². The minimum Gasteiger partial charge on any atom is -0.469 e. The second-order valence-electron chi connectivity index (χ2n) is 5.96. The van der Waals surface area contributed by atoms with Gasteiger partial charge in [0.05, 0.1) is 13.2 Å². The fourth-order valence-corrected chi connectivity index (χ4v) is 3.08. The first-order valence-corrected chi connectivity index (χ1v) is 8.18. The van der Waals surface area contributed by atoms with Crippen LogP contribution >= 0.6 is 0 Å². The molecule has 130 valence electrons. The maximum atomic E-state index is 13.0. The van der Waals surface area contributed by atoms with Gasteiger partial charge in [-0.2, -0.15) is 0 Å². The summed E-state index contributed by atoms with van der Waals surface area (Å²) < 4.78 is 4.73. The maximum absolute atomic E-state index is 13.0. The number of esters is 1. The minimum absolute atomic E-state index is 0.115. The highest BCUT2D eigenvalue weighted by atomic mass is 16.5. The summed E-state index contributed by atoms with van der Waals surface area (Å²) in [6.45, 7) is 0.494. The van der Waals surface area contributed by atoms with Crippen LogP contribution in [0, 0.1) is 0 Å². The molecule has 1 aliphatic rings. The Balaban J connectivity index is 1.89. The predicted molar refractivity (Wildman–Crippen MR) is 97.6 cm³/mol. The molecule has 0 radical (unpaired) electrons. The summed E-state index contributed by atoms with van der Waals surface area (Å²) in [6, 6.07) is 16.5. The number of para-hydroxylation sites is 1. The van der Waals surface area contributed by atoms with Gasteiger partial charge in [-0.1, -0.05) is 24.3 Å². The molecule has 3 rings (SSSR count). The minimum atomic E-state index is -0.275. The number of urea groups is 1. The molecule has 2 aromatic rings. The number of methoxy groups -OCH3 is 1. The van der Waals surface area contributed by atoms with E-state index in [0.717, 1.165) is 11.4 Å². The van der Waals surface area contributed by atoms with E-state index in [1.807, 2.05) is 42.5 Å². The average Bonchev–Trinajstić information content (AvgIpc) is 2.96. The molecule has 2 aromatic carbocycles. The second-order valence-corrected chi connectivity index (χ2v) is 5.96. The van der Waals surface area contributed by atoms with Crippen molar-refractivity contribution < 1.29 is 14.3 Å². The lowest BCUT2D eigenvalue weighted by atomic mass is 10.1. The van der Waals surface area contributed by atoms with Gasteiger partial charge < -0.3 is 10.5 Å². The molecule has 0 aromatic heterocycles. The Hall–Kier alpha value is -3.02. The van der Waals surface area contributed by atoms with Crippen LogP contribution in [-0.4, -0.2) is 31.7 Å². The molecular weight excluding hydrogens is 318 g/mol. The summed E-state index contributed by atoms with van der Waals surface area (Å²) >= 11 is 0. The Labute approximate surface area is 146 Å². The van der Waals surface area contributed by atoms with E-state index in [-0.39, 0.29) is 24.5 Å². The molecule has 1 unspecified atom stereocenters. The molecule has 1 heterocycles. The molecule has 6 heteroatoms. The standard InChI is InChI=1S/C19H21N3O3/c1-25-18(23)11-10-17-13-21(16-9-5-6-14(20)12-16)19(24)22(17)15-7-3-2-4-8-15/h2-9,12,17H,10-11,13,20H2,1H3. The fourth-order valence-electron chi connectivity index (χ4n) is 3.08. The zero-order valence-electron chi connectivity index (χ0n) is 14.1. The summed E-state index contributed by atoms with van der Waals surface area (Å²) in [5.41, 5.74) is 8.03. The van der Waals surface area contributed by atoms with Crippen molar-refractivity contribution >= 4 is 29.1 Å². The topological polar surface area (TPSA) is 75.9 Å². The summed E-state index contributed by atoms with van der Waals surface area (Å²) in [5, 5.41) is 0. The second kappa shape index (κ2) is 7.25. The lowest BCUT2D eigenvalue weighted by Gasteiger charge is -2.23. The number of amides is 2. The van der Waals surface area contributed by atoms with Crippen molar-refractivity contribution in [2.24, 2.45) is 0 Å². The molecule has 1 atom stereocenters. The molecule has 25 heavy (non-hydrogen) atoms.